The molecule has 0 fully saturated rings. The fraction of sp³-hybridized carbons (Fsp3) is 0.450. The molecule has 28 heavy (non-hydrogen) atoms. The molecule has 8 heteroatoms. The summed E-state index contributed by atoms with van der Waals surface area (Å²) in [7, 11) is 3.07. The molecule has 0 saturated heterocycles. The third kappa shape index (κ3) is 3.53. The van der Waals surface area contributed by atoms with E-state index in [0.717, 1.165) is 10.1 Å². The summed E-state index contributed by atoms with van der Waals surface area (Å²) in [5, 5.41) is 9.44. The van der Waals surface area contributed by atoms with Crippen LogP contribution < -0.4 is 17.0 Å². The smallest absolute Gasteiger partial charge is 0.332 e. The van der Waals surface area contributed by atoms with Crippen LogP contribution in [0.15, 0.2) is 39.9 Å². The van der Waals surface area contributed by atoms with Gasteiger partial charge in [-0.25, -0.2) is 9.78 Å². The Labute approximate surface area is 162 Å². The minimum Gasteiger partial charge on any atom is -0.396 e. The number of aryl methyl sites for hydroxylation is 1. The first-order chi connectivity index (χ1) is 13.3. The summed E-state index contributed by atoms with van der Waals surface area (Å²) < 4.78 is 4.30. The largest absolute Gasteiger partial charge is 0.396 e. The normalized spacial score (nSPS) is 13.8. The average Bonchev–Trinajstić information content (AvgIpc) is 3.03. The Morgan fingerprint density at radius 3 is 2.43 bits per heavy atom. The maximum atomic E-state index is 12.9. The molecule has 1 unspecified atom stereocenters. The van der Waals surface area contributed by atoms with Gasteiger partial charge in [-0.2, -0.15) is 0 Å². The molecule has 0 amide bonds. The standard InChI is InChI=1S/C20H27N5O3/c1-4-20(21,10-11-26)13-25-15(12-14-8-6-5-7-9-14)22-17-16(25)18(27)24(3)19(28)23(17)2/h5-9,26H,4,10-13,21H2,1-3H3. The monoisotopic (exact) mass is 385 g/mol. The molecule has 3 rings (SSSR count). The van der Waals surface area contributed by atoms with Gasteiger partial charge in [-0.15, -0.1) is 0 Å². The van der Waals surface area contributed by atoms with Crippen molar-refractivity contribution in [3.63, 3.8) is 0 Å². The number of hydrogen-bond donors (Lipinski definition) is 2. The van der Waals surface area contributed by atoms with E-state index < -0.39 is 16.8 Å². The minimum absolute atomic E-state index is 0.0402. The van der Waals surface area contributed by atoms with Crippen LogP contribution in [-0.4, -0.2) is 35.9 Å². The third-order valence-corrected chi connectivity index (χ3v) is 5.42. The number of rotatable bonds is 7. The molecule has 0 saturated carbocycles. The number of imidazole rings is 1. The van der Waals surface area contributed by atoms with E-state index >= 15 is 0 Å². The van der Waals surface area contributed by atoms with Gasteiger partial charge in [0.15, 0.2) is 11.2 Å². The van der Waals surface area contributed by atoms with Gasteiger partial charge in [0.1, 0.15) is 5.82 Å². The fourth-order valence-corrected chi connectivity index (χ4v) is 3.48. The first-order valence-electron chi connectivity index (χ1n) is 9.40. The molecule has 0 aliphatic heterocycles. The zero-order chi connectivity index (χ0) is 20.5. The van der Waals surface area contributed by atoms with Gasteiger partial charge in [0.05, 0.1) is 0 Å². The molecule has 3 N–H and O–H groups in total. The predicted octanol–water partition coefficient (Wildman–Crippen LogP) is 0.514. The van der Waals surface area contributed by atoms with Crippen LogP contribution in [0.5, 0.6) is 0 Å². The van der Waals surface area contributed by atoms with E-state index in [0.29, 0.717) is 42.8 Å². The lowest BCUT2D eigenvalue weighted by Crippen LogP contribution is -2.45. The van der Waals surface area contributed by atoms with Crippen LogP contribution in [-0.2, 0) is 27.1 Å². The Kier molecular flexibility index (Phi) is 5.53. The molecule has 0 spiro atoms. The first kappa shape index (κ1) is 20.0. The van der Waals surface area contributed by atoms with E-state index in [9.17, 15) is 14.7 Å². The number of hydrogen-bond acceptors (Lipinski definition) is 5. The molecule has 2 aromatic heterocycles. The van der Waals surface area contributed by atoms with Crippen LogP contribution in [0.3, 0.4) is 0 Å². The van der Waals surface area contributed by atoms with Crippen molar-refractivity contribution in [3.05, 3.63) is 62.6 Å². The summed E-state index contributed by atoms with van der Waals surface area (Å²) in [5.41, 5.74) is 6.77. The zero-order valence-corrected chi connectivity index (χ0v) is 16.6. The van der Waals surface area contributed by atoms with Crippen LogP contribution in [0.1, 0.15) is 31.2 Å². The Morgan fingerprint density at radius 1 is 1.14 bits per heavy atom. The molecule has 0 bridgehead atoms. The van der Waals surface area contributed by atoms with Gasteiger partial charge < -0.3 is 15.4 Å². The Bertz CT molecular complexity index is 1100. The number of nitrogens with zero attached hydrogens (tertiary/aromatic N) is 4. The summed E-state index contributed by atoms with van der Waals surface area (Å²) >= 11 is 0. The summed E-state index contributed by atoms with van der Waals surface area (Å²) in [6.07, 6.45) is 1.54. The number of aliphatic hydroxyl groups is 1. The van der Waals surface area contributed by atoms with Crippen LogP contribution >= 0.6 is 0 Å². The molecular weight excluding hydrogens is 358 g/mol. The number of benzene rings is 1. The lowest BCUT2D eigenvalue weighted by molar-refractivity contribution is 0.219. The topological polar surface area (TPSA) is 108 Å². The first-order valence-corrected chi connectivity index (χ1v) is 9.40. The highest BCUT2D eigenvalue weighted by Gasteiger charge is 2.27. The van der Waals surface area contributed by atoms with E-state index in [-0.39, 0.29) is 6.61 Å². The van der Waals surface area contributed by atoms with Crippen molar-refractivity contribution in [1.29, 1.82) is 0 Å². The Morgan fingerprint density at radius 2 is 1.82 bits per heavy atom. The summed E-state index contributed by atoms with van der Waals surface area (Å²) in [4.78, 5) is 29.9. The average molecular weight is 385 g/mol. The molecule has 8 nitrogen and oxygen atoms in total. The van der Waals surface area contributed by atoms with Gasteiger partial charge in [-0.3, -0.25) is 13.9 Å². The quantitative estimate of drug-likeness (QED) is 0.616. The summed E-state index contributed by atoms with van der Waals surface area (Å²) in [6, 6.07) is 9.81. The van der Waals surface area contributed by atoms with Crippen molar-refractivity contribution in [3.8, 4) is 0 Å². The van der Waals surface area contributed by atoms with E-state index in [2.05, 4.69) is 4.98 Å². The second-order valence-electron chi connectivity index (χ2n) is 7.34. The second kappa shape index (κ2) is 7.73. The molecule has 2 heterocycles. The highest BCUT2D eigenvalue weighted by molar-refractivity contribution is 5.71. The van der Waals surface area contributed by atoms with E-state index in [1.54, 1.807) is 7.05 Å². The van der Waals surface area contributed by atoms with Gasteiger partial charge in [0.25, 0.3) is 5.56 Å². The van der Waals surface area contributed by atoms with Crippen molar-refractivity contribution >= 4 is 11.2 Å². The summed E-state index contributed by atoms with van der Waals surface area (Å²) in [5.74, 6) is 0.667. The maximum absolute atomic E-state index is 12.9. The van der Waals surface area contributed by atoms with Gasteiger partial charge in [-0.05, 0) is 18.4 Å². The zero-order valence-electron chi connectivity index (χ0n) is 16.6. The number of aliphatic hydroxyl groups excluding tert-OH is 1. The molecule has 0 radical (unpaired) electrons. The summed E-state index contributed by atoms with van der Waals surface area (Å²) in [6.45, 7) is 2.25. The third-order valence-electron chi connectivity index (χ3n) is 5.42. The molecule has 0 aliphatic rings. The lowest BCUT2D eigenvalue weighted by Gasteiger charge is -2.29. The second-order valence-corrected chi connectivity index (χ2v) is 7.34. The molecule has 1 atom stereocenters. The number of aromatic nitrogens is 4. The van der Waals surface area contributed by atoms with Gasteiger partial charge in [0.2, 0.25) is 0 Å². The highest BCUT2D eigenvalue weighted by atomic mass is 16.3. The Hall–Kier alpha value is -2.71. The van der Waals surface area contributed by atoms with Gasteiger partial charge in [0, 0.05) is 39.2 Å². The molecular formula is C20H27N5O3. The van der Waals surface area contributed by atoms with Gasteiger partial charge >= 0.3 is 5.69 Å². The molecule has 0 aliphatic carbocycles. The van der Waals surface area contributed by atoms with Crippen LogP contribution in [0.4, 0.5) is 0 Å². The van der Waals surface area contributed by atoms with Crippen molar-refractivity contribution in [1.82, 2.24) is 18.7 Å². The lowest BCUT2D eigenvalue weighted by atomic mass is 9.93. The molecule has 1 aromatic carbocycles. The minimum atomic E-state index is -0.687. The van der Waals surface area contributed by atoms with E-state index in [1.807, 2.05) is 41.8 Å². The van der Waals surface area contributed by atoms with Crippen LogP contribution in [0.25, 0.3) is 11.2 Å². The number of fused-ring (bicyclic) bond motifs is 1. The molecule has 3 aromatic rings. The fourth-order valence-electron chi connectivity index (χ4n) is 3.48. The van der Waals surface area contributed by atoms with Crippen molar-refractivity contribution < 1.29 is 5.11 Å². The van der Waals surface area contributed by atoms with Crippen molar-refractivity contribution in [2.45, 2.75) is 38.3 Å². The van der Waals surface area contributed by atoms with Crippen LogP contribution in [0, 0.1) is 0 Å². The van der Waals surface area contributed by atoms with Gasteiger partial charge in [-0.1, -0.05) is 37.3 Å². The van der Waals surface area contributed by atoms with E-state index in [1.165, 1.54) is 11.6 Å². The van der Waals surface area contributed by atoms with Crippen molar-refractivity contribution in [2.24, 2.45) is 19.8 Å². The Balaban J connectivity index is 2.26. The van der Waals surface area contributed by atoms with Crippen molar-refractivity contribution in [2.75, 3.05) is 6.61 Å². The predicted molar refractivity (Wildman–Crippen MR) is 108 cm³/mol. The SMILES string of the molecule is CCC(N)(CCO)Cn1c(Cc2ccccc2)nc2c1c(=O)n(C)c(=O)n2C. The van der Waals surface area contributed by atoms with Crippen LogP contribution in [0.2, 0.25) is 0 Å². The van der Waals surface area contributed by atoms with E-state index in [4.69, 9.17) is 5.73 Å². The molecule has 150 valence electrons. The number of nitrogens with two attached hydrogens (primary N) is 1. The highest BCUT2D eigenvalue weighted by Crippen LogP contribution is 2.21. The maximum Gasteiger partial charge on any atom is 0.332 e.